The van der Waals surface area contributed by atoms with Crippen molar-refractivity contribution in [1.29, 1.82) is 0 Å². The number of hydrogen-bond donors (Lipinski definition) is 2. The fourth-order valence-electron chi connectivity index (χ4n) is 0.608. The van der Waals surface area contributed by atoms with E-state index in [0.717, 1.165) is 6.26 Å². The van der Waals surface area contributed by atoms with E-state index in [1.54, 1.807) is 17.5 Å². The molecule has 1 rings (SSSR count). The third kappa shape index (κ3) is 3.53. The molecule has 0 aromatic carbocycles. The van der Waals surface area contributed by atoms with Crippen LogP contribution in [0, 0.1) is 0 Å². The molecule has 0 radical (unpaired) electrons. The van der Waals surface area contributed by atoms with Crippen molar-refractivity contribution in [2.24, 2.45) is 0 Å². The molecule has 0 unspecified atom stereocenters. The lowest BCUT2D eigenvalue weighted by atomic mass is 10.5. The molecule has 13 heavy (non-hydrogen) atoms. The van der Waals surface area contributed by atoms with E-state index in [2.05, 4.69) is 5.43 Å². The van der Waals surface area contributed by atoms with Crippen LogP contribution in [0.5, 0.6) is 0 Å². The number of rotatable bonds is 3. The fraction of sp³-hybridized carbons (Fsp3) is 0.167. The van der Waals surface area contributed by atoms with Crippen molar-refractivity contribution in [3.8, 4) is 0 Å². The van der Waals surface area contributed by atoms with Crippen LogP contribution in [0.4, 0.5) is 0 Å². The Morgan fingerprint density at radius 3 is 2.69 bits per heavy atom. The molecule has 0 spiro atoms. The highest BCUT2D eigenvalue weighted by atomic mass is 32.2. The highest BCUT2D eigenvalue weighted by Crippen LogP contribution is 2.06. The standard InChI is InChI=1S/C6H8N2O3S2/c1-13(10,11)8-7-6(9)5-3-2-4-12-5/h2-4,8H,1H3,(H,7,9). The maximum absolute atomic E-state index is 11.1. The van der Waals surface area contributed by atoms with Crippen molar-refractivity contribution in [3.05, 3.63) is 22.4 Å². The number of hydrogen-bond acceptors (Lipinski definition) is 4. The Hall–Kier alpha value is -0.920. The van der Waals surface area contributed by atoms with Gasteiger partial charge in [0.2, 0.25) is 10.0 Å². The van der Waals surface area contributed by atoms with E-state index in [4.69, 9.17) is 0 Å². The van der Waals surface area contributed by atoms with Gasteiger partial charge in [0, 0.05) is 0 Å². The zero-order valence-corrected chi connectivity index (χ0v) is 8.41. The van der Waals surface area contributed by atoms with Gasteiger partial charge in [0.15, 0.2) is 0 Å². The van der Waals surface area contributed by atoms with Gasteiger partial charge >= 0.3 is 0 Å². The van der Waals surface area contributed by atoms with Crippen LogP contribution in [0.15, 0.2) is 17.5 Å². The summed E-state index contributed by atoms with van der Waals surface area (Å²) in [6.45, 7) is 0. The molecule has 1 amide bonds. The van der Waals surface area contributed by atoms with Gasteiger partial charge < -0.3 is 0 Å². The first-order valence-corrected chi connectivity index (χ1v) is 6.07. The van der Waals surface area contributed by atoms with Gasteiger partial charge in [0.1, 0.15) is 0 Å². The third-order valence-corrected chi connectivity index (χ3v) is 2.44. The molecule has 1 aromatic rings. The first kappa shape index (κ1) is 10.2. The van der Waals surface area contributed by atoms with Gasteiger partial charge in [-0.3, -0.25) is 10.2 Å². The Morgan fingerprint density at radius 2 is 2.23 bits per heavy atom. The van der Waals surface area contributed by atoms with E-state index in [1.807, 2.05) is 4.83 Å². The van der Waals surface area contributed by atoms with Crippen LogP contribution in [0.1, 0.15) is 9.67 Å². The number of hydrazine groups is 1. The SMILES string of the molecule is CS(=O)(=O)NNC(=O)c1cccs1. The minimum atomic E-state index is -3.39. The molecule has 5 nitrogen and oxygen atoms in total. The molecule has 0 saturated carbocycles. The van der Waals surface area contributed by atoms with Crippen LogP contribution in [-0.2, 0) is 10.0 Å². The molecular weight excluding hydrogens is 212 g/mol. The van der Waals surface area contributed by atoms with Crippen molar-refractivity contribution in [2.45, 2.75) is 0 Å². The van der Waals surface area contributed by atoms with Crippen molar-refractivity contribution >= 4 is 27.3 Å². The highest BCUT2D eigenvalue weighted by Gasteiger charge is 2.07. The maximum atomic E-state index is 11.1. The average molecular weight is 220 g/mol. The summed E-state index contributed by atoms with van der Waals surface area (Å²) in [4.78, 5) is 13.5. The molecule has 0 saturated heterocycles. The van der Waals surface area contributed by atoms with Gasteiger partial charge in [-0.25, -0.2) is 8.42 Å². The van der Waals surface area contributed by atoms with Gasteiger partial charge in [-0.2, -0.15) is 0 Å². The molecule has 72 valence electrons. The first-order valence-electron chi connectivity index (χ1n) is 3.29. The normalized spacial score (nSPS) is 11.2. The van der Waals surface area contributed by atoms with Gasteiger partial charge in [-0.1, -0.05) is 6.07 Å². The second kappa shape index (κ2) is 3.86. The molecule has 1 heterocycles. The minimum absolute atomic E-state index is 0.455. The highest BCUT2D eigenvalue weighted by molar-refractivity contribution is 7.88. The lowest BCUT2D eigenvalue weighted by Crippen LogP contribution is -2.40. The van der Waals surface area contributed by atoms with E-state index in [1.165, 1.54) is 11.3 Å². The Kier molecular flexibility index (Phi) is 3.02. The summed E-state index contributed by atoms with van der Waals surface area (Å²) < 4.78 is 21.2. The quantitative estimate of drug-likeness (QED) is 0.701. The number of thiophene rings is 1. The van der Waals surface area contributed by atoms with Crippen molar-refractivity contribution in [1.82, 2.24) is 10.3 Å². The molecular formula is C6H8N2O3S2. The smallest absolute Gasteiger partial charge is 0.273 e. The number of nitrogens with one attached hydrogen (secondary N) is 2. The average Bonchev–Trinajstić information content (AvgIpc) is 2.50. The summed E-state index contributed by atoms with van der Waals surface area (Å²) in [7, 11) is -3.39. The first-order chi connectivity index (χ1) is 5.99. The van der Waals surface area contributed by atoms with E-state index in [0.29, 0.717) is 4.88 Å². The second-order valence-electron chi connectivity index (χ2n) is 2.31. The number of amides is 1. The van der Waals surface area contributed by atoms with Gasteiger partial charge in [-0.15, -0.1) is 16.2 Å². The molecule has 0 aliphatic heterocycles. The third-order valence-electron chi connectivity index (χ3n) is 1.09. The second-order valence-corrected chi connectivity index (χ2v) is 5.00. The van der Waals surface area contributed by atoms with Gasteiger partial charge in [0.25, 0.3) is 5.91 Å². The minimum Gasteiger partial charge on any atom is -0.273 e. The molecule has 0 aliphatic rings. The van der Waals surface area contributed by atoms with Crippen LogP contribution < -0.4 is 10.3 Å². The zero-order chi connectivity index (χ0) is 9.90. The Labute approximate surface area is 79.8 Å². The molecule has 1 aromatic heterocycles. The molecule has 2 N–H and O–H groups in total. The predicted molar refractivity (Wildman–Crippen MR) is 49.8 cm³/mol. The maximum Gasteiger partial charge on any atom is 0.276 e. The van der Waals surface area contributed by atoms with Crippen molar-refractivity contribution < 1.29 is 13.2 Å². The van der Waals surface area contributed by atoms with E-state index < -0.39 is 15.9 Å². The molecule has 7 heteroatoms. The van der Waals surface area contributed by atoms with Gasteiger partial charge in [0.05, 0.1) is 11.1 Å². The number of carbonyl (C=O) groups is 1. The number of carbonyl (C=O) groups excluding carboxylic acids is 1. The summed E-state index contributed by atoms with van der Waals surface area (Å²) in [6.07, 6.45) is 0.960. The van der Waals surface area contributed by atoms with Crippen molar-refractivity contribution in [2.75, 3.05) is 6.26 Å². The van der Waals surface area contributed by atoms with E-state index in [-0.39, 0.29) is 0 Å². The largest absolute Gasteiger partial charge is 0.276 e. The molecule has 0 bridgehead atoms. The van der Waals surface area contributed by atoms with E-state index in [9.17, 15) is 13.2 Å². The topological polar surface area (TPSA) is 75.3 Å². The van der Waals surface area contributed by atoms with Crippen LogP contribution in [0.25, 0.3) is 0 Å². The number of sulfonamides is 1. The fourth-order valence-corrected chi connectivity index (χ4v) is 1.51. The van der Waals surface area contributed by atoms with Gasteiger partial charge in [-0.05, 0) is 11.4 Å². The zero-order valence-electron chi connectivity index (χ0n) is 6.77. The summed E-state index contributed by atoms with van der Waals surface area (Å²) in [5.41, 5.74) is 2.06. The summed E-state index contributed by atoms with van der Waals surface area (Å²) >= 11 is 1.23. The monoisotopic (exact) mass is 220 g/mol. The molecule has 0 atom stereocenters. The van der Waals surface area contributed by atoms with Crippen LogP contribution in [0.2, 0.25) is 0 Å². The van der Waals surface area contributed by atoms with Crippen LogP contribution in [0.3, 0.4) is 0 Å². The van der Waals surface area contributed by atoms with Crippen LogP contribution in [-0.4, -0.2) is 20.6 Å². The molecule has 0 aliphatic carbocycles. The Balaban J connectivity index is 2.53. The summed E-state index contributed by atoms with van der Waals surface area (Å²) in [5.74, 6) is -0.458. The lowest BCUT2D eigenvalue weighted by Gasteiger charge is -2.02. The summed E-state index contributed by atoms with van der Waals surface area (Å²) in [5, 5.41) is 1.73. The van der Waals surface area contributed by atoms with Crippen LogP contribution >= 0.6 is 11.3 Å². The lowest BCUT2D eigenvalue weighted by molar-refractivity contribution is 0.0949. The van der Waals surface area contributed by atoms with Crippen molar-refractivity contribution in [3.63, 3.8) is 0 Å². The Bertz CT molecular complexity index is 382. The predicted octanol–water partition coefficient (Wildman–Crippen LogP) is -0.0579. The van der Waals surface area contributed by atoms with E-state index >= 15 is 0 Å². The summed E-state index contributed by atoms with van der Waals surface area (Å²) in [6, 6.07) is 3.31. The Morgan fingerprint density at radius 1 is 1.54 bits per heavy atom. The molecule has 0 fully saturated rings.